The van der Waals surface area contributed by atoms with E-state index in [0.29, 0.717) is 11.0 Å². The van der Waals surface area contributed by atoms with E-state index in [-0.39, 0.29) is 5.56 Å². The van der Waals surface area contributed by atoms with Gasteiger partial charge in [0.15, 0.2) is 0 Å². The standard InChI is InChI=1S/C10H16BrN3O/c1-3-5-6-14-10(15)9(11)8(7-13-14)12-4-2/h7,12H,3-6H2,1-2H3. The number of unbranched alkanes of at least 4 members (excludes halogenated alkanes) is 1. The number of anilines is 1. The largest absolute Gasteiger partial charge is 0.383 e. The highest BCUT2D eigenvalue weighted by atomic mass is 79.9. The van der Waals surface area contributed by atoms with Gasteiger partial charge in [0.25, 0.3) is 5.56 Å². The van der Waals surface area contributed by atoms with Crippen LogP contribution in [0, 0.1) is 0 Å². The first kappa shape index (κ1) is 12.2. The molecule has 15 heavy (non-hydrogen) atoms. The zero-order valence-electron chi connectivity index (χ0n) is 9.09. The van der Waals surface area contributed by atoms with Crippen LogP contribution in [0.3, 0.4) is 0 Å². The van der Waals surface area contributed by atoms with Crippen molar-refractivity contribution in [2.45, 2.75) is 33.2 Å². The van der Waals surface area contributed by atoms with Gasteiger partial charge in [-0.3, -0.25) is 4.79 Å². The summed E-state index contributed by atoms with van der Waals surface area (Å²) in [5, 5.41) is 7.18. The van der Waals surface area contributed by atoms with Gasteiger partial charge in [-0.15, -0.1) is 0 Å². The maximum absolute atomic E-state index is 11.8. The van der Waals surface area contributed by atoms with Crippen LogP contribution >= 0.6 is 15.9 Å². The number of aromatic nitrogens is 2. The van der Waals surface area contributed by atoms with Crippen molar-refractivity contribution in [2.75, 3.05) is 11.9 Å². The molecule has 0 bridgehead atoms. The molecule has 0 saturated heterocycles. The van der Waals surface area contributed by atoms with Crippen molar-refractivity contribution < 1.29 is 0 Å². The van der Waals surface area contributed by atoms with Crippen molar-refractivity contribution in [1.29, 1.82) is 0 Å². The molecular weight excluding hydrogens is 258 g/mol. The highest BCUT2D eigenvalue weighted by Crippen LogP contribution is 2.15. The summed E-state index contributed by atoms with van der Waals surface area (Å²) in [5.74, 6) is 0. The Kier molecular flexibility index (Phi) is 4.81. The molecule has 0 atom stereocenters. The Balaban J connectivity index is 2.94. The summed E-state index contributed by atoms with van der Waals surface area (Å²) < 4.78 is 2.06. The van der Waals surface area contributed by atoms with Crippen molar-refractivity contribution in [3.8, 4) is 0 Å². The highest BCUT2D eigenvalue weighted by Gasteiger charge is 2.07. The first-order valence-corrected chi connectivity index (χ1v) is 5.99. The maximum atomic E-state index is 11.8. The summed E-state index contributed by atoms with van der Waals surface area (Å²) in [5.41, 5.74) is 0.692. The number of rotatable bonds is 5. The number of nitrogens with zero attached hydrogens (tertiary/aromatic N) is 2. The lowest BCUT2D eigenvalue weighted by molar-refractivity contribution is 0.541. The zero-order valence-corrected chi connectivity index (χ0v) is 10.7. The normalized spacial score (nSPS) is 10.3. The molecule has 0 spiro atoms. The van der Waals surface area contributed by atoms with Gasteiger partial charge in [0.2, 0.25) is 0 Å². The van der Waals surface area contributed by atoms with Gasteiger partial charge in [-0.2, -0.15) is 5.10 Å². The highest BCUT2D eigenvalue weighted by molar-refractivity contribution is 9.10. The number of hydrogen-bond acceptors (Lipinski definition) is 3. The molecule has 0 unspecified atom stereocenters. The number of aryl methyl sites for hydroxylation is 1. The summed E-state index contributed by atoms with van der Waals surface area (Å²) in [6.07, 6.45) is 3.71. The van der Waals surface area contributed by atoms with E-state index in [9.17, 15) is 4.79 Å². The lowest BCUT2D eigenvalue weighted by atomic mass is 10.3. The average molecular weight is 274 g/mol. The maximum Gasteiger partial charge on any atom is 0.283 e. The van der Waals surface area contributed by atoms with Crippen molar-refractivity contribution in [3.05, 3.63) is 21.0 Å². The fourth-order valence-corrected chi connectivity index (χ4v) is 1.69. The fourth-order valence-electron chi connectivity index (χ4n) is 1.25. The van der Waals surface area contributed by atoms with Gasteiger partial charge in [0.1, 0.15) is 4.47 Å². The first-order chi connectivity index (χ1) is 7.20. The van der Waals surface area contributed by atoms with E-state index in [1.54, 1.807) is 6.20 Å². The number of nitrogens with one attached hydrogen (secondary N) is 1. The van der Waals surface area contributed by atoms with Crippen LogP contribution in [0.15, 0.2) is 15.5 Å². The lowest BCUT2D eigenvalue weighted by Gasteiger charge is -2.08. The van der Waals surface area contributed by atoms with Gasteiger partial charge in [-0.05, 0) is 29.3 Å². The minimum atomic E-state index is -0.0677. The Morgan fingerprint density at radius 1 is 1.53 bits per heavy atom. The molecule has 0 aromatic carbocycles. The van der Waals surface area contributed by atoms with E-state index in [2.05, 4.69) is 33.3 Å². The van der Waals surface area contributed by atoms with Gasteiger partial charge in [-0.25, -0.2) is 4.68 Å². The predicted molar refractivity (Wildman–Crippen MR) is 65.3 cm³/mol. The molecule has 0 radical (unpaired) electrons. The van der Waals surface area contributed by atoms with Crippen LogP contribution < -0.4 is 10.9 Å². The molecule has 0 fully saturated rings. The van der Waals surface area contributed by atoms with Crippen LogP contribution in [-0.4, -0.2) is 16.3 Å². The minimum absolute atomic E-state index is 0.0677. The molecule has 5 heteroatoms. The van der Waals surface area contributed by atoms with Crippen molar-refractivity contribution in [3.63, 3.8) is 0 Å². The van der Waals surface area contributed by atoms with E-state index in [1.807, 2.05) is 6.92 Å². The summed E-state index contributed by atoms with van der Waals surface area (Å²) in [7, 11) is 0. The van der Waals surface area contributed by atoms with Crippen molar-refractivity contribution in [2.24, 2.45) is 0 Å². The fraction of sp³-hybridized carbons (Fsp3) is 0.600. The van der Waals surface area contributed by atoms with Gasteiger partial charge in [-0.1, -0.05) is 13.3 Å². The number of hydrogen-bond donors (Lipinski definition) is 1. The molecule has 1 rings (SSSR count). The Hall–Kier alpha value is -0.840. The van der Waals surface area contributed by atoms with E-state index < -0.39 is 0 Å². The molecule has 1 heterocycles. The second-order valence-electron chi connectivity index (χ2n) is 3.28. The van der Waals surface area contributed by atoms with Crippen LogP contribution in [0.5, 0.6) is 0 Å². The van der Waals surface area contributed by atoms with Crippen molar-refractivity contribution in [1.82, 2.24) is 9.78 Å². The van der Waals surface area contributed by atoms with E-state index >= 15 is 0 Å². The summed E-state index contributed by atoms with van der Waals surface area (Å²) in [4.78, 5) is 11.8. The third-order valence-electron chi connectivity index (χ3n) is 2.08. The Morgan fingerprint density at radius 2 is 2.27 bits per heavy atom. The monoisotopic (exact) mass is 273 g/mol. The third-order valence-corrected chi connectivity index (χ3v) is 2.84. The Labute approximate surface area is 97.8 Å². The molecule has 1 aromatic heterocycles. The van der Waals surface area contributed by atoms with Crippen LogP contribution in [0.1, 0.15) is 26.7 Å². The molecule has 0 aliphatic rings. The SMILES string of the molecule is CCCCn1ncc(NCC)c(Br)c1=O. The minimum Gasteiger partial charge on any atom is -0.383 e. The molecule has 84 valence electrons. The van der Waals surface area contributed by atoms with Crippen LogP contribution in [0.25, 0.3) is 0 Å². The third kappa shape index (κ3) is 3.06. The number of halogens is 1. The molecule has 0 aliphatic carbocycles. The predicted octanol–water partition coefficient (Wildman–Crippen LogP) is 2.24. The summed E-state index contributed by atoms with van der Waals surface area (Å²) in [6.45, 7) is 5.53. The van der Waals surface area contributed by atoms with E-state index in [4.69, 9.17) is 0 Å². The quantitative estimate of drug-likeness (QED) is 0.895. The summed E-state index contributed by atoms with van der Waals surface area (Å²) >= 11 is 3.29. The molecule has 4 nitrogen and oxygen atoms in total. The average Bonchev–Trinajstić information content (AvgIpc) is 2.24. The molecule has 0 amide bonds. The lowest BCUT2D eigenvalue weighted by Crippen LogP contribution is -2.24. The van der Waals surface area contributed by atoms with Crippen molar-refractivity contribution >= 4 is 21.6 Å². The molecule has 0 saturated carbocycles. The van der Waals surface area contributed by atoms with Gasteiger partial charge >= 0.3 is 0 Å². The summed E-state index contributed by atoms with van der Waals surface area (Å²) in [6, 6.07) is 0. The Bertz CT molecular complexity index is 375. The second kappa shape index (κ2) is 5.90. The topological polar surface area (TPSA) is 46.9 Å². The van der Waals surface area contributed by atoms with Crippen LogP contribution in [0.2, 0.25) is 0 Å². The molecule has 1 aromatic rings. The first-order valence-electron chi connectivity index (χ1n) is 5.20. The second-order valence-corrected chi connectivity index (χ2v) is 4.08. The smallest absolute Gasteiger partial charge is 0.283 e. The van der Waals surface area contributed by atoms with Gasteiger partial charge in [0.05, 0.1) is 11.9 Å². The van der Waals surface area contributed by atoms with E-state index in [1.165, 1.54) is 4.68 Å². The van der Waals surface area contributed by atoms with E-state index in [0.717, 1.165) is 25.1 Å². The van der Waals surface area contributed by atoms with Gasteiger partial charge < -0.3 is 5.32 Å². The molecule has 1 N–H and O–H groups in total. The molecule has 0 aliphatic heterocycles. The van der Waals surface area contributed by atoms with Gasteiger partial charge in [0, 0.05) is 13.1 Å². The zero-order chi connectivity index (χ0) is 11.3. The Morgan fingerprint density at radius 3 is 2.87 bits per heavy atom. The van der Waals surface area contributed by atoms with Crippen LogP contribution in [0.4, 0.5) is 5.69 Å². The van der Waals surface area contributed by atoms with Crippen LogP contribution in [-0.2, 0) is 6.54 Å². The molecular formula is C10H16BrN3O.